The molecule has 0 aromatic carbocycles. The first-order valence-corrected chi connectivity index (χ1v) is 8.32. The monoisotopic (exact) mass is 294 g/mol. The average Bonchev–Trinajstić information content (AvgIpc) is 2.27. The Morgan fingerprint density at radius 1 is 1.00 bits per heavy atom. The molecule has 0 unspecified atom stereocenters. The third-order valence-corrected chi connectivity index (χ3v) is 5.19. The van der Waals surface area contributed by atoms with Crippen molar-refractivity contribution in [3.63, 3.8) is 0 Å². The van der Waals surface area contributed by atoms with Crippen molar-refractivity contribution in [3.05, 3.63) is 0 Å². The number of carbonyl (C=O) groups is 2. The van der Waals surface area contributed by atoms with Crippen molar-refractivity contribution < 1.29 is 19.8 Å². The van der Waals surface area contributed by atoms with Gasteiger partial charge in [0.05, 0.1) is 17.4 Å². The van der Waals surface area contributed by atoms with Gasteiger partial charge in [-0.3, -0.25) is 9.59 Å². The summed E-state index contributed by atoms with van der Waals surface area (Å²) in [7, 11) is 0. The highest BCUT2D eigenvalue weighted by atomic mass is 32.2. The van der Waals surface area contributed by atoms with Crippen LogP contribution >= 0.6 is 23.5 Å². The molecule has 106 valence electrons. The SMILES string of the molecule is CCCCCC(SCCC(=O)O)SCCC(=O)O. The van der Waals surface area contributed by atoms with E-state index in [0.29, 0.717) is 16.1 Å². The lowest BCUT2D eigenvalue weighted by molar-refractivity contribution is -0.137. The normalized spacial score (nSPS) is 10.8. The van der Waals surface area contributed by atoms with E-state index in [0.717, 1.165) is 19.3 Å². The largest absolute Gasteiger partial charge is 0.481 e. The van der Waals surface area contributed by atoms with Gasteiger partial charge in [-0.15, -0.1) is 23.5 Å². The third kappa shape index (κ3) is 12.1. The molecule has 6 heteroatoms. The summed E-state index contributed by atoms with van der Waals surface area (Å²) in [6.07, 6.45) is 4.84. The predicted molar refractivity (Wildman–Crippen MR) is 77.4 cm³/mol. The topological polar surface area (TPSA) is 74.6 Å². The summed E-state index contributed by atoms with van der Waals surface area (Å²) in [6, 6.07) is 0. The summed E-state index contributed by atoms with van der Waals surface area (Å²) in [5, 5.41) is 17.2. The molecule has 0 radical (unpaired) electrons. The fourth-order valence-corrected chi connectivity index (χ4v) is 4.07. The van der Waals surface area contributed by atoms with Crippen molar-refractivity contribution in [1.82, 2.24) is 0 Å². The number of unbranched alkanes of at least 4 members (excludes halogenated alkanes) is 2. The Bertz CT molecular complexity index is 226. The van der Waals surface area contributed by atoms with Gasteiger partial charge in [-0.25, -0.2) is 0 Å². The van der Waals surface area contributed by atoms with Gasteiger partial charge >= 0.3 is 11.9 Å². The molecule has 0 aliphatic rings. The van der Waals surface area contributed by atoms with E-state index in [4.69, 9.17) is 10.2 Å². The highest BCUT2D eigenvalue weighted by molar-refractivity contribution is 8.17. The Labute approximate surface area is 117 Å². The maximum atomic E-state index is 10.4. The van der Waals surface area contributed by atoms with E-state index >= 15 is 0 Å². The van der Waals surface area contributed by atoms with E-state index in [-0.39, 0.29) is 12.8 Å². The van der Waals surface area contributed by atoms with Crippen LogP contribution in [0.2, 0.25) is 0 Å². The van der Waals surface area contributed by atoms with Crippen LogP contribution in [-0.4, -0.2) is 38.2 Å². The average molecular weight is 294 g/mol. The highest BCUT2D eigenvalue weighted by Gasteiger charge is 2.11. The molecular formula is C12H22O4S2. The van der Waals surface area contributed by atoms with Crippen molar-refractivity contribution in [3.8, 4) is 0 Å². The van der Waals surface area contributed by atoms with E-state index in [9.17, 15) is 9.59 Å². The lowest BCUT2D eigenvalue weighted by Gasteiger charge is -2.15. The lowest BCUT2D eigenvalue weighted by atomic mass is 10.2. The molecule has 0 spiro atoms. The molecule has 0 atom stereocenters. The molecule has 0 saturated carbocycles. The second-order valence-corrected chi connectivity index (χ2v) is 6.87. The number of aliphatic carboxylic acids is 2. The van der Waals surface area contributed by atoms with E-state index in [1.54, 1.807) is 23.5 Å². The fraction of sp³-hybridized carbons (Fsp3) is 0.833. The van der Waals surface area contributed by atoms with E-state index in [1.165, 1.54) is 6.42 Å². The lowest BCUT2D eigenvalue weighted by Crippen LogP contribution is -2.05. The minimum atomic E-state index is -0.773. The quantitative estimate of drug-likeness (QED) is 0.425. The molecule has 0 amide bonds. The van der Waals surface area contributed by atoms with E-state index < -0.39 is 11.9 Å². The molecule has 0 aliphatic heterocycles. The van der Waals surface area contributed by atoms with Gasteiger partial charge in [0.25, 0.3) is 0 Å². The molecule has 4 nitrogen and oxygen atoms in total. The molecule has 0 aliphatic carbocycles. The number of thioether (sulfide) groups is 2. The molecule has 0 heterocycles. The van der Waals surface area contributed by atoms with Crippen LogP contribution in [0.25, 0.3) is 0 Å². The molecule has 2 N–H and O–H groups in total. The maximum absolute atomic E-state index is 10.4. The molecule has 0 fully saturated rings. The van der Waals surface area contributed by atoms with Crippen molar-refractivity contribution >= 4 is 35.5 Å². The standard InChI is InChI=1S/C12H22O4S2/c1-2-3-4-5-12(17-8-6-10(13)14)18-9-7-11(15)16/h12H,2-9H2,1H3,(H,13,14)(H,15,16). The molecule has 18 heavy (non-hydrogen) atoms. The minimum absolute atomic E-state index is 0.175. The fourth-order valence-electron chi connectivity index (χ4n) is 1.33. The predicted octanol–water partition coefficient (Wildman–Crippen LogP) is 3.31. The summed E-state index contributed by atoms with van der Waals surface area (Å²) in [4.78, 5) is 20.9. The maximum Gasteiger partial charge on any atom is 0.304 e. The summed E-state index contributed by atoms with van der Waals surface area (Å²) < 4.78 is 0.329. The van der Waals surface area contributed by atoms with Crippen LogP contribution in [0.15, 0.2) is 0 Å². The third-order valence-electron chi connectivity index (χ3n) is 2.28. The number of hydrogen-bond acceptors (Lipinski definition) is 4. The first kappa shape index (κ1) is 17.6. The van der Waals surface area contributed by atoms with Crippen LogP contribution in [0.1, 0.15) is 45.4 Å². The summed E-state index contributed by atoms with van der Waals surface area (Å²) in [5.41, 5.74) is 0. The molecular weight excluding hydrogens is 272 g/mol. The van der Waals surface area contributed by atoms with Gasteiger partial charge in [-0.05, 0) is 6.42 Å². The summed E-state index contributed by atoms with van der Waals surface area (Å²) in [6.45, 7) is 2.14. The van der Waals surface area contributed by atoms with Crippen LogP contribution in [0.3, 0.4) is 0 Å². The van der Waals surface area contributed by atoms with Crippen molar-refractivity contribution in [2.75, 3.05) is 11.5 Å². The molecule has 0 aromatic heterocycles. The molecule has 0 saturated heterocycles. The van der Waals surface area contributed by atoms with Gasteiger partial charge in [0.2, 0.25) is 0 Å². The van der Waals surface area contributed by atoms with Crippen molar-refractivity contribution in [2.45, 2.75) is 50.0 Å². The first-order valence-electron chi connectivity index (χ1n) is 6.23. The van der Waals surface area contributed by atoms with Gasteiger partial charge in [0, 0.05) is 11.5 Å². The highest BCUT2D eigenvalue weighted by Crippen LogP contribution is 2.29. The van der Waals surface area contributed by atoms with Crippen LogP contribution in [0.4, 0.5) is 0 Å². The Morgan fingerprint density at radius 3 is 1.89 bits per heavy atom. The van der Waals surface area contributed by atoms with Gasteiger partial charge in [-0.1, -0.05) is 26.2 Å². The van der Waals surface area contributed by atoms with Gasteiger partial charge in [0.1, 0.15) is 0 Å². The second kappa shape index (κ2) is 11.7. The zero-order chi connectivity index (χ0) is 13.8. The van der Waals surface area contributed by atoms with Crippen molar-refractivity contribution in [1.29, 1.82) is 0 Å². The van der Waals surface area contributed by atoms with Crippen molar-refractivity contribution in [2.24, 2.45) is 0 Å². The molecule has 0 aromatic rings. The number of carboxylic acids is 2. The molecule has 0 rings (SSSR count). The zero-order valence-corrected chi connectivity index (χ0v) is 12.4. The van der Waals surface area contributed by atoms with Crippen LogP contribution in [0.5, 0.6) is 0 Å². The Morgan fingerprint density at radius 2 is 1.50 bits per heavy atom. The Balaban J connectivity index is 3.83. The Kier molecular flexibility index (Phi) is 11.5. The minimum Gasteiger partial charge on any atom is -0.481 e. The number of carboxylic acid groups (broad SMARTS) is 2. The second-order valence-electron chi connectivity index (χ2n) is 3.95. The zero-order valence-electron chi connectivity index (χ0n) is 10.8. The van der Waals surface area contributed by atoms with Crippen LogP contribution in [0, 0.1) is 0 Å². The first-order chi connectivity index (χ1) is 8.56. The van der Waals surface area contributed by atoms with Gasteiger partial charge in [-0.2, -0.15) is 0 Å². The number of rotatable bonds is 12. The van der Waals surface area contributed by atoms with Crippen LogP contribution < -0.4 is 0 Å². The smallest absolute Gasteiger partial charge is 0.304 e. The van der Waals surface area contributed by atoms with Gasteiger partial charge in [0.15, 0.2) is 0 Å². The van der Waals surface area contributed by atoms with E-state index in [2.05, 4.69) is 6.92 Å². The van der Waals surface area contributed by atoms with Crippen LogP contribution in [-0.2, 0) is 9.59 Å². The Hall–Kier alpha value is -0.360. The molecule has 0 bridgehead atoms. The summed E-state index contributed by atoms with van der Waals surface area (Å²) >= 11 is 3.28. The summed E-state index contributed by atoms with van der Waals surface area (Å²) in [5.74, 6) is -0.339. The number of hydrogen-bond donors (Lipinski definition) is 2. The van der Waals surface area contributed by atoms with E-state index in [1.807, 2.05) is 0 Å². The van der Waals surface area contributed by atoms with Gasteiger partial charge < -0.3 is 10.2 Å².